The first-order valence-corrected chi connectivity index (χ1v) is 9.24. The number of nitrogens with two attached hydrogens (primary N) is 2. The van der Waals surface area contributed by atoms with Gasteiger partial charge in [-0.1, -0.05) is 60.7 Å². The van der Waals surface area contributed by atoms with Gasteiger partial charge in [-0.05, 0) is 11.1 Å². The molecule has 0 unspecified atom stereocenters. The fourth-order valence-electron chi connectivity index (χ4n) is 1.55. The average Bonchev–Trinajstić information content (AvgIpc) is 2.52. The summed E-state index contributed by atoms with van der Waals surface area (Å²) in [5, 5.41) is 0. The van der Waals surface area contributed by atoms with E-state index in [9.17, 15) is 0 Å². The van der Waals surface area contributed by atoms with Crippen molar-refractivity contribution >= 4 is 32.2 Å². The van der Waals surface area contributed by atoms with Crippen LogP contribution in [0.1, 0.15) is 11.1 Å². The first-order valence-electron chi connectivity index (χ1n) is 6.51. The summed E-state index contributed by atoms with van der Waals surface area (Å²) in [5.74, 6) is 0. The molecule has 0 bridgehead atoms. The zero-order chi connectivity index (χ0) is 20.4. The van der Waals surface area contributed by atoms with Crippen LogP contribution in [0, 0.1) is 0 Å². The predicted molar refractivity (Wildman–Crippen MR) is 92.7 cm³/mol. The van der Waals surface area contributed by atoms with Crippen molar-refractivity contribution in [3.8, 4) is 0 Å². The number of benzene rings is 2. The molecule has 2 rings (SSSR count). The molecule has 0 fully saturated rings. The van der Waals surface area contributed by atoms with Gasteiger partial charge in [-0.25, -0.2) is 0 Å². The van der Waals surface area contributed by atoms with Crippen LogP contribution < -0.4 is 70.6 Å². The summed E-state index contributed by atoms with van der Waals surface area (Å²) in [6.45, 7) is 0. The van der Waals surface area contributed by atoms with Gasteiger partial charge in [0.1, 0.15) is 0 Å². The normalized spacial score (nSPS) is 11.0. The van der Waals surface area contributed by atoms with E-state index in [2.05, 4.69) is 0 Å². The Kier molecular flexibility index (Phi) is 17.7. The van der Waals surface area contributed by atoms with Gasteiger partial charge < -0.3 is 20.6 Å². The van der Waals surface area contributed by atoms with E-state index < -0.39 is 20.8 Å². The maximum atomic E-state index is 8.74. The van der Waals surface area contributed by atoms with Gasteiger partial charge in [0, 0.05) is 10.4 Å². The zero-order valence-corrected chi connectivity index (χ0v) is 20.7. The van der Waals surface area contributed by atoms with Crippen molar-refractivity contribution in [2.75, 3.05) is 0 Å². The van der Waals surface area contributed by atoms with Gasteiger partial charge in [0.2, 0.25) is 0 Å². The first kappa shape index (κ1) is 32.2. The maximum Gasteiger partial charge on any atom is 1.00 e. The van der Waals surface area contributed by atoms with E-state index in [0.29, 0.717) is 11.4 Å². The van der Waals surface area contributed by atoms with E-state index in [1.54, 1.807) is 0 Å². The van der Waals surface area contributed by atoms with E-state index in [4.69, 9.17) is 46.5 Å². The van der Waals surface area contributed by atoms with Gasteiger partial charge in [0.15, 0.2) is 0 Å². The summed E-state index contributed by atoms with van der Waals surface area (Å²) in [7, 11) is -9.83. The van der Waals surface area contributed by atoms with Crippen LogP contribution in [-0.4, -0.2) is 35.0 Å². The molecular weight excluding hydrogens is 434 g/mol. The minimum absolute atomic E-state index is 0. The van der Waals surface area contributed by atoms with Crippen LogP contribution in [0.2, 0.25) is 0 Å². The van der Waals surface area contributed by atoms with Gasteiger partial charge in [-0.2, -0.15) is 8.42 Å². The molecule has 0 aromatic heterocycles. The standard InChI is InChI=1S/C14H14N2.2Na.2H2O4S/c15-13(11-7-3-1-4-8-11)14(16)12-9-5-2-6-10-12;;;2*1-5(2,3)4/h1-10H,15-16H2;;;2*(H2,1,2,3,4)/q;2*+1;;/p-2. The molecule has 144 valence electrons. The van der Waals surface area contributed by atoms with Crippen molar-refractivity contribution < 1.29 is 94.2 Å². The van der Waals surface area contributed by atoms with Crippen LogP contribution in [0.4, 0.5) is 0 Å². The van der Waals surface area contributed by atoms with Crippen molar-refractivity contribution in [1.29, 1.82) is 0 Å². The summed E-state index contributed by atoms with van der Waals surface area (Å²) >= 11 is 0. The van der Waals surface area contributed by atoms with Crippen molar-refractivity contribution in [3.05, 3.63) is 71.8 Å². The van der Waals surface area contributed by atoms with Crippen molar-refractivity contribution in [2.45, 2.75) is 0 Å². The van der Waals surface area contributed by atoms with Crippen LogP contribution in [0.15, 0.2) is 60.7 Å². The monoisotopic (exact) mass is 450 g/mol. The predicted octanol–water partition coefficient (Wildman–Crippen LogP) is -5.55. The maximum absolute atomic E-state index is 8.74. The molecule has 0 saturated carbocycles. The second kappa shape index (κ2) is 15.4. The number of hydrogen-bond donors (Lipinski definition) is 4. The van der Waals surface area contributed by atoms with Crippen LogP contribution in [0.25, 0.3) is 11.4 Å². The Morgan fingerprint density at radius 3 is 1.04 bits per heavy atom. The zero-order valence-electron chi connectivity index (χ0n) is 15.1. The van der Waals surface area contributed by atoms with Gasteiger partial charge in [-0.3, -0.25) is 17.5 Å². The molecule has 0 radical (unpaired) electrons. The minimum Gasteiger partial charge on any atom is -0.759 e. The molecule has 2 aromatic carbocycles. The van der Waals surface area contributed by atoms with Crippen LogP contribution in [0.3, 0.4) is 0 Å². The molecule has 0 aliphatic rings. The van der Waals surface area contributed by atoms with Crippen LogP contribution in [0.5, 0.6) is 0 Å². The number of hydrogen-bond acceptors (Lipinski definition) is 8. The van der Waals surface area contributed by atoms with Crippen molar-refractivity contribution in [2.24, 2.45) is 11.5 Å². The van der Waals surface area contributed by atoms with Gasteiger partial charge >= 0.3 is 69.5 Å². The third kappa shape index (κ3) is 20.3. The Morgan fingerprint density at radius 2 is 0.857 bits per heavy atom. The second-order valence-electron chi connectivity index (χ2n) is 4.42. The number of rotatable bonds is 2. The minimum atomic E-state index is -5.17. The van der Waals surface area contributed by atoms with Crippen LogP contribution >= 0.6 is 0 Å². The molecule has 0 aliphatic carbocycles. The SMILES string of the molecule is NC(=C(N)c1ccccc1)c1ccccc1.O=S(=O)(O)O.O=S(=O)([O-])[O-].[Na+].[Na+]. The fraction of sp³-hybridized carbons (Fsp3) is 0. The molecule has 2 aromatic rings. The Bertz CT molecular complexity index is 829. The summed E-state index contributed by atoms with van der Waals surface area (Å²) in [4.78, 5) is 0. The largest absolute Gasteiger partial charge is 1.00 e. The third-order valence-electron chi connectivity index (χ3n) is 2.46. The topological polar surface area (TPSA) is 207 Å². The summed E-state index contributed by atoms with van der Waals surface area (Å²) in [6.07, 6.45) is 0. The summed E-state index contributed by atoms with van der Waals surface area (Å²) in [5.41, 5.74) is 15.2. The van der Waals surface area contributed by atoms with Gasteiger partial charge in [0.25, 0.3) is 0 Å². The molecule has 0 spiro atoms. The molecular formula is C14H16N2Na2O8S2. The summed E-state index contributed by atoms with van der Waals surface area (Å²) < 4.78 is 65.7. The molecule has 0 saturated heterocycles. The second-order valence-corrected chi connectivity index (χ2v) is 6.13. The molecule has 10 nitrogen and oxygen atoms in total. The van der Waals surface area contributed by atoms with Gasteiger partial charge in [0.05, 0.1) is 11.4 Å². The molecule has 14 heteroatoms. The molecule has 0 amide bonds. The van der Waals surface area contributed by atoms with Crippen LogP contribution in [-0.2, 0) is 20.8 Å². The fourth-order valence-corrected chi connectivity index (χ4v) is 1.55. The average molecular weight is 450 g/mol. The third-order valence-corrected chi connectivity index (χ3v) is 2.46. The Labute approximate surface area is 207 Å². The Hall–Kier alpha value is -0.480. The molecule has 28 heavy (non-hydrogen) atoms. The van der Waals surface area contributed by atoms with E-state index in [-0.39, 0.29) is 59.1 Å². The Morgan fingerprint density at radius 1 is 0.679 bits per heavy atom. The van der Waals surface area contributed by atoms with E-state index in [0.717, 1.165) is 11.1 Å². The smallest absolute Gasteiger partial charge is 0.759 e. The van der Waals surface area contributed by atoms with E-state index >= 15 is 0 Å². The quantitative estimate of drug-likeness (QED) is 0.148. The molecule has 6 N–H and O–H groups in total. The van der Waals surface area contributed by atoms with Crippen molar-refractivity contribution in [3.63, 3.8) is 0 Å². The molecule has 0 heterocycles. The molecule has 0 atom stereocenters. The van der Waals surface area contributed by atoms with E-state index in [1.165, 1.54) is 0 Å². The van der Waals surface area contributed by atoms with Crippen molar-refractivity contribution in [1.82, 2.24) is 0 Å². The molecule has 0 aliphatic heterocycles. The first-order chi connectivity index (χ1) is 11.8. The summed E-state index contributed by atoms with van der Waals surface area (Å²) in [6, 6.07) is 19.5. The Balaban J connectivity index is -0.000000441. The van der Waals surface area contributed by atoms with E-state index in [1.807, 2.05) is 60.7 Å². The van der Waals surface area contributed by atoms with Gasteiger partial charge in [-0.15, -0.1) is 0 Å².